The van der Waals surface area contributed by atoms with Crippen LogP contribution in [0.4, 0.5) is 4.79 Å². The van der Waals surface area contributed by atoms with Gasteiger partial charge >= 0.3 is 6.09 Å². The van der Waals surface area contributed by atoms with Gasteiger partial charge in [-0.2, -0.15) is 0 Å². The fourth-order valence-electron chi connectivity index (χ4n) is 2.63. The molecule has 1 N–H and O–H groups in total. The van der Waals surface area contributed by atoms with E-state index in [4.69, 9.17) is 9.47 Å². The Kier molecular flexibility index (Phi) is 5.11. The number of hydrogen-bond donors (Lipinski definition) is 1. The molecule has 6 nitrogen and oxygen atoms in total. The third-order valence-electron chi connectivity index (χ3n) is 3.65. The van der Waals surface area contributed by atoms with Crippen molar-refractivity contribution in [3.63, 3.8) is 0 Å². The molecule has 2 rings (SSSR count). The molecule has 0 aliphatic carbocycles. The van der Waals surface area contributed by atoms with E-state index in [-0.39, 0.29) is 11.7 Å². The van der Waals surface area contributed by atoms with Gasteiger partial charge in [-0.1, -0.05) is 0 Å². The molecule has 22 heavy (non-hydrogen) atoms. The zero-order chi connectivity index (χ0) is 16.2. The lowest BCUT2D eigenvalue weighted by atomic mass is 10.0. The van der Waals surface area contributed by atoms with Gasteiger partial charge in [0.25, 0.3) is 0 Å². The van der Waals surface area contributed by atoms with Crippen LogP contribution in [-0.4, -0.2) is 40.0 Å². The molecule has 1 aliphatic heterocycles. The lowest BCUT2D eigenvalue weighted by Crippen LogP contribution is -2.34. The molecule has 1 amide bonds. The van der Waals surface area contributed by atoms with Crippen LogP contribution in [0, 0.1) is 0 Å². The molecule has 1 aliphatic rings. The molecular weight excluding hydrogens is 282 g/mol. The number of alkyl carbamates (subject to hydrolysis) is 1. The van der Waals surface area contributed by atoms with Gasteiger partial charge in [-0.25, -0.2) is 9.78 Å². The lowest BCUT2D eigenvalue weighted by Gasteiger charge is -2.24. The molecule has 1 aromatic rings. The Morgan fingerprint density at radius 3 is 2.95 bits per heavy atom. The van der Waals surface area contributed by atoms with Crippen molar-refractivity contribution in [3.8, 4) is 0 Å². The third kappa shape index (κ3) is 5.02. The number of rotatable bonds is 5. The van der Waals surface area contributed by atoms with Crippen molar-refractivity contribution >= 4 is 6.09 Å². The molecule has 0 radical (unpaired) electrons. The highest BCUT2D eigenvalue weighted by Crippen LogP contribution is 2.27. The molecule has 0 saturated carbocycles. The predicted octanol–water partition coefficient (Wildman–Crippen LogP) is 2.52. The van der Waals surface area contributed by atoms with Crippen LogP contribution in [0.2, 0.25) is 0 Å². The van der Waals surface area contributed by atoms with Crippen LogP contribution in [0.1, 0.15) is 46.2 Å². The van der Waals surface area contributed by atoms with Gasteiger partial charge in [0.1, 0.15) is 5.60 Å². The van der Waals surface area contributed by atoms with E-state index >= 15 is 0 Å². The first kappa shape index (κ1) is 16.8. The van der Waals surface area contributed by atoms with Crippen LogP contribution in [0.5, 0.6) is 0 Å². The van der Waals surface area contributed by atoms with Gasteiger partial charge in [0.15, 0.2) is 0 Å². The van der Waals surface area contributed by atoms with Crippen LogP contribution in [0.3, 0.4) is 0 Å². The van der Waals surface area contributed by atoms with Crippen molar-refractivity contribution in [2.24, 2.45) is 0 Å². The molecule has 1 fully saturated rings. The smallest absolute Gasteiger partial charge is 0.407 e. The SMILES string of the molecule is CC(C)(C)OC(=O)NCCc1cncn1CC1(C)CCCO1. The normalized spacial score (nSPS) is 21.8. The van der Waals surface area contributed by atoms with Gasteiger partial charge < -0.3 is 19.4 Å². The molecule has 1 atom stereocenters. The average Bonchev–Trinajstić information content (AvgIpc) is 2.98. The van der Waals surface area contributed by atoms with E-state index in [1.54, 1.807) is 0 Å². The molecule has 0 aromatic carbocycles. The Labute approximate surface area is 132 Å². The minimum absolute atomic E-state index is 0.103. The Hall–Kier alpha value is -1.56. The van der Waals surface area contributed by atoms with E-state index in [0.29, 0.717) is 6.54 Å². The predicted molar refractivity (Wildman–Crippen MR) is 83.8 cm³/mol. The average molecular weight is 309 g/mol. The molecule has 0 spiro atoms. The van der Waals surface area contributed by atoms with Crippen LogP contribution in [0.25, 0.3) is 0 Å². The summed E-state index contributed by atoms with van der Waals surface area (Å²) in [4.78, 5) is 15.8. The summed E-state index contributed by atoms with van der Waals surface area (Å²) in [6, 6.07) is 0. The van der Waals surface area contributed by atoms with Gasteiger partial charge in [0.2, 0.25) is 0 Å². The minimum atomic E-state index is -0.472. The number of carbonyl (C=O) groups excluding carboxylic acids is 1. The van der Waals surface area contributed by atoms with Crippen molar-refractivity contribution < 1.29 is 14.3 Å². The highest BCUT2D eigenvalue weighted by molar-refractivity contribution is 5.67. The first-order valence-electron chi connectivity index (χ1n) is 7.87. The first-order valence-corrected chi connectivity index (χ1v) is 7.87. The third-order valence-corrected chi connectivity index (χ3v) is 3.65. The summed E-state index contributed by atoms with van der Waals surface area (Å²) in [7, 11) is 0. The summed E-state index contributed by atoms with van der Waals surface area (Å²) in [5, 5.41) is 2.77. The molecule has 0 bridgehead atoms. The van der Waals surface area contributed by atoms with Crippen molar-refractivity contribution in [1.82, 2.24) is 14.9 Å². The summed E-state index contributed by atoms with van der Waals surface area (Å²) >= 11 is 0. The lowest BCUT2D eigenvalue weighted by molar-refractivity contribution is 0.00564. The maximum atomic E-state index is 11.6. The van der Waals surface area contributed by atoms with E-state index in [1.807, 2.05) is 33.3 Å². The largest absolute Gasteiger partial charge is 0.444 e. The molecule has 2 heterocycles. The van der Waals surface area contributed by atoms with E-state index in [1.165, 1.54) is 0 Å². The number of imidazole rings is 1. The van der Waals surface area contributed by atoms with Crippen LogP contribution < -0.4 is 5.32 Å². The first-order chi connectivity index (χ1) is 10.3. The summed E-state index contributed by atoms with van der Waals surface area (Å²) in [6.07, 6.45) is 6.19. The van der Waals surface area contributed by atoms with E-state index in [9.17, 15) is 4.79 Å². The van der Waals surface area contributed by atoms with Crippen molar-refractivity contribution in [3.05, 3.63) is 18.2 Å². The van der Waals surface area contributed by atoms with Gasteiger partial charge in [0, 0.05) is 31.5 Å². The monoisotopic (exact) mass is 309 g/mol. The molecule has 1 saturated heterocycles. The Bertz CT molecular complexity index is 499. The number of amides is 1. The number of nitrogens with zero attached hydrogens (tertiary/aromatic N) is 2. The van der Waals surface area contributed by atoms with E-state index < -0.39 is 5.60 Å². The zero-order valence-corrected chi connectivity index (χ0v) is 14.0. The summed E-state index contributed by atoms with van der Waals surface area (Å²) < 4.78 is 13.2. The fraction of sp³-hybridized carbons (Fsp3) is 0.750. The number of aromatic nitrogens is 2. The second-order valence-corrected chi connectivity index (χ2v) is 7.09. The highest BCUT2D eigenvalue weighted by Gasteiger charge is 2.30. The second kappa shape index (κ2) is 6.69. The number of nitrogens with one attached hydrogen (secondary N) is 1. The molecule has 1 unspecified atom stereocenters. The quantitative estimate of drug-likeness (QED) is 0.907. The topological polar surface area (TPSA) is 65.4 Å². The molecule has 6 heteroatoms. The van der Waals surface area contributed by atoms with Gasteiger partial charge in [-0.3, -0.25) is 0 Å². The molecule has 1 aromatic heterocycles. The summed E-state index contributed by atoms with van der Waals surface area (Å²) in [6.45, 7) is 9.86. The zero-order valence-electron chi connectivity index (χ0n) is 14.0. The van der Waals surface area contributed by atoms with Crippen molar-refractivity contribution in [2.45, 2.75) is 64.7 Å². The number of ether oxygens (including phenoxy) is 2. The maximum Gasteiger partial charge on any atom is 0.407 e. The fourth-order valence-corrected chi connectivity index (χ4v) is 2.63. The van der Waals surface area contributed by atoms with Crippen LogP contribution in [-0.2, 0) is 22.4 Å². The van der Waals surface area contributed by atoms with E-state index in [0.717, 1.165) is 38.1 Å². The van der Waals surface area contributed by atoms with Crippen LogP contribution in [0.15, 0.2) is 12.5 Å². The Balaban J connectivity index is 1.82. The van der Waals surface area contributed by atoms with Gasteiger partial charge in [-0.05, 0) is 40.5 Å². The standard InChI is InChI=1S/C16H27N3O3/c1-15(2,3)22-14(20)18-8-6-13-10-17-12-19(13)11-16(4)7-5-9-21-16/h10,12H,5-9,11H2,1-4H3,(H,18,20). The van der Waals surface area contributed by atoms with Crippen molar-refractivity contribution in [2.75, 3.05) is 13.2 Å². The second-order valence-electron chi connectivity index (χ2n) is 7.09. The van der Waals surface area contributed by atoms with Crippen LogP contribution >= 0.6 is 0 Å². The Morgan fingerprint density at radius 1 is 1.55 bits per heavy atom. The summed E-state index contributed by atoms with van der Waals surface area (Å²) in [5.74, 6) is 0. The van der Waals surface area contributed by atoms with E-state index in [2.05, 4.69) is 21.8 Å². The van der Waals surface area contributed by atoms with Gasteiger partial charge in [0.05, 0.1) is 18.5 Å². The number of hydrogen-bond acceptors (Lipinski definition) is 4. The van der Waals surface area contributed by atoms with Gasteiger partial charge in [-0.15, -0.1) is 0 Å². The highest BCUT2D eigenvalue weighted by atomic mass is 16.6. The van der Waals surface area contributed by atoms with Crippen molar-refractivity contribution in [1.29, 1.82) is 0 Å². The maximum absolute atomic E-state index is 11.6. The Morgan fingerprint density at radius 2 is 2.32 bits per heavy atom. The number of carbonyl (C=O) groups is 1. The molecular formula is C16H27N3O3. The minimum Gasteiger partial charge on any atom is -0.444 e. The molecule has 124 valence electrons. The summed E-state index contributed by atoms with van der Waals surface area (Å²) in [5.41, 5.74) is 0.515.